The van der Waals surface area contributed by atoms with E-state index in [0.717, 1.165) is 11.1 Å². The third kappa shape index (κ3) is 8.79. The number of benzene rings is 3. The molecule has 3 rings (SSSR count). The van der Waals surface area contributed by atoms with Gasteiger partial charge in [-0.05, 0) is 42.5 Å². The van der Waals surface area contributed by atoms with Gasteiger partial charge in [0.2, 0.25) is 11.8 Å². The van der Waals surface area contributed by atoms with Gasteiger partial charge in [-0.15, -0.1) is 0 Å². The number of hydroxylamine groups is 1. The van der Waals surface area contributed by atoms with E-state index in [1.54, 1.807) is 35.8 Å². The Morgan fingerprint density at radius 2 is 1.28 bits per heavy atom. The summed E-state index contributed by atoms with van der Waals surface area (Å²) >= 11 is 0. The third-order valence-electron chi connectivity index (χ3n) is 6.44. The maximum absolute atomic E-state index is 13.7. The first-order valence-corrected chi connectivity index (χ1v) is 12.8. The molecule has 3 atom stereocenters. The van der Waals surface area contributed by atoms with Crippen molar-refractivity contribution in [3.63, 3.8) is 0 Å². The fraction of sp³-hybridized carbons (Fsp3) is 0.267. The molecule has 0 aliphatic rings. The molecule has 0 bridgehead atoms. The number of aryl methyl sites for hydroxylation is 1. The third-order valence-corrected chi connectivity index (χ3v) is 6.44. The Morgan fingerprint density at radius 3 is 1.85 bits per heavy atom. The van der Waals surface area contributed by atoms with Crippen molar-refractivity contribution in [1.29, 1.82) is 0 Å². The van der Waals surface area contributed by atoms with Crippen molar-refractivity contribution < 1.29 is 24.4 Å². The molecule has 0 aliphatic carbocycles. The predicted octanol–water partition coefficient (Wildman–Crippen LogP) is 2.40. The van der Waals surface area contributed by atoms with Crippen LogP contribution in [0.25, 0.3) is 0 Å². The first-order chi connectivity index (χ1) is 18.9. The zero-order valence-electron chi connectivity index (χ0n) is 21.8. The van der Waals surface area contributed by atoms with Gasteiger partial charge >= 0.3 is 0 Å². The zero-order chi connectivity index (χ0) is 28.0. The minimum Gasteiger partial charge on any atom is -0.357 e. The SMILES string of the molecule is CNC(=O)[C@H](Cc1ccccc1)NC(=O)[C@H](CCCc1ccccc1)[C@@H](NC(=O)c1ccccc1)C(=O)NO. The number of rotatable bonds is 13. The van der Waals surface area contributed by atoms with Crippen LogP contribution in [0.5, 0.6) is 0 Å². The van der Waals surface area contributed by atoms with Gasteiger partial charge in [0.15, 0.2) is 0 Å². The Labute approximate surface area is 228 Å². The van der Waals surface area contributed by atoms with Gasteiger partial charge in [0.05, 0.1) is 5.92 Å². The molecule has 3 aromatic rings. The van der Waals surface area contributed by atoms with Crippen LogP contribution in [0.15, 0.2) is 91.0 Å². The van der Waals surface area contributed by atoms with Gasteiger partial charge in [-0.1, -0.05) is 78.9 Å². The first-order valence-electron chi connectivity index (χ1n) is 12.8. The molecule has 204 valence electrons. The van der Waals surface area contributed by atoms with E-state index in [0.29, 0.717) is 18.4 Å². The van der Waals surface area contributed by atoms with Crippen molar-refractivity contribution >= 4 is 23.6 Å². The molecule has 5 N–H and O–H groups in total. The van der Waals surface area contributed by atoms with Gasteiger partial charge in [0.25, 0.3) is 11.8 Å². The summed E-state index contributed by atoms with van der Waals surface area (Å²) in [7, 11) is 1.48. The van der Waals surface area contributed by atoms with Crippen LogP contribution < -0.4 is 21.4 Å². The normalized spacial score (nSPS) is 12.9. The van der Waals surface area contributed by atoms with E-state index in [-0.39, 0.29) is 12.8 Å². The second-order valence-electron chi connectivity index (χ2n) is 9.14. The summed E-state index contributed by atoms with van der Waals surface area (Å²) in [5.41, 5.74) is 3.77. The topological polar surface area (TPSA) is 137 Å². The minimum absolute atomic E-state index is 0.208. The highest BCUT2D eigenvalue weighted by atomic mass is 16.5. The maximum Gasteiger partial charge on any atom is 0.266 e. The second-order valence-corrected chi connectivity index (χ2v) is 9.14. The van der Waals surface area contributed by atoms with Gasteiger partial charge in [-0.3, -0.25) is 24.4 Å². The number of carbonyl (C=O) groups is 4. The molecule has 0 unspecified atom stereocenters. The molecule has 0 aliphatic heterocycles. The Morgan fingerprint density at radius 1 is 0.718 bits per heavy atom. The Kier molecular flexibility index (Phi) is 11.2. The van der Waals surface area contributed by atoms with Crippen LogP contribution >= 0.6 is 0 Å². The van der Waals surface area contributed by atoms with Crippen LogP contribution in [-0.2, 0) is 27.2 Å². The summed E-state index contributed by atoms with van der Waals surface area (Å²) in [6, 6.07) is 24.9. The number of likely N-dealkylation sites (N-methyl/N-ethyl adjacent to an activating group) is 1. The van der Waals surface area contributed by atoms with E-state index in [9.17, 15) is 24.4 Å². The fourth-order valence-electron chi connectivity index (χ4n) is 4.36. The number of carbonyl (C=O) groups excluding carboxylic acids is 4. The summed E-state index contributed by atoms with van der Waals surface area (Å²) in [5, 5.41) is 17.4. The number of amides is 4. The highest BCUT2D eigenvalue weighted by molar-refractivity contribution is 5.99. The minimum atomic E-state index is -1.39. The Hall–Kier alpha value is -4.50. The summed E-state index contributed by atoms with van der Waals surface area (Å²) in [5.74, 6) is -3.56. The molecule has 0 fully saturated rings. The van der Waals surface area contributed by atoms with E-state index in [2.05, 4.69) is 16.0 Å². The Balaban J connectivity index is 1.86. The van der Waals surface area contributed by atoms with Crippen LogP contribution in [-0.4, -0.2) is 48.0 Å². The van der Waals surface area contributed by atoms with Crippen molar-refractivity contribution in [2.45, 2.75) is 37.8 Å². The molecule has 0 heterocycles. The largest absolute Gasteiger partial charge is 0.357 e. The summed E-state index contributed by atoms with van der Waals surface area (Å²) < 4.78 is 0. The smallest absolute Gasteiger partial charge is 0.266 e. The molecule has 9 heteroatoms. The van der Waals surface area contributed by atoms with Crippen molar-refractivity contribution in [3.05, 3.63) is 108 Å². The molecular weight excluding hydrogens is 496 g/mol. The van der Waals surface area contributed by atoms with Crippen LogP contribution in [0.2, 0.25) is 0 Å². The average Bonchev–Trinajstić information content (AvgIpc) is 2.98. The number of hydrogen-bond acceptors (Lipinski definition) is 5. The molecular formula is C30H34N4O5. The first kappa shape index (κ1) is 29.1. The maximum atomic E-state index is 13.7. The molecule has 4 amide bonds. The average molecular weight is 531 g/mol. The van der Waals surface area contributed by atoms with Crippen LogP contribution in [0.1, 0.15) is 34.3 Å². The van der Waals surface area contributed by atoms with E-state index in [1.807, 2.05) is 60.7 Å². The lowest BCUT2D eigenvalue weighted by Gasteiger charge is -2.28. The highest BCUT2D eigenvalue weighted by Crippen LogP contribution is 2.18. The molecule has 0 spiro atoms. The van der Waals surface area contributed by atoms with Crippen LogP contribution in [0.4, 0.5) is 0 Å². The summed E-state index contributed by atoms with van der Waals surface area (Å²) in [6.07, 6.45) is 1.59. The molecule has 39 heavy (non-hydrogen) atoms. The van der Waals surface area contributed by atoms with Crippen molar-refractivity contribution in [2.75, 3.05) is 7.05 Å². The monoisotopic (exact) mass is 530 g/mol. The van der Waals surface area contributed by atoms with E-state index >= 15 is 0 Å². The summed E-state index contributed by atoms with van der Waals surface area (Å²) in [6.45, 7) is 0. The summed E-state index contributed by atoms with van der Waals surface area (Å²) in [4.78, 5) is 52.1. The van der Waals surface area contributed by atoms with Crippen LogP contribution in [0.3, 0.4) is 0 Å². The van der Waals surface area contributed by atoms with Crippen LogP contribution in [0, 0.1) is 5.92 Å². The lowest BCUT2D eigenvalue weighted by atomic mass is 9.90. The second kappa shape index (κ2) is 15.0. The molecule has 9 nitrogen and oxygen atoms in total. The van der Waals surface area contributed by atoms with Gasteiger partial charge < -0.3 is 16.0 Å². The van der Waals surface area contributed by atoms with E-state index < -0.39 is 41.6 Å². The standard InChI is InChI=1S/C30H34N4O5/c1-31-29(37)25(20-22-14-7-3-8-15-22)32-28(36)24(19-11-16-21-12-5-2-6-13-21)26(30(38)34-39)33-27(35)23-17-9-4-10-18-23/h2-10,12-15,17-18,24-26,39H,11,16,19-20H2,1H3,(H,31,37)(H,32,36)(H,33,35)(H,34,38)/t24-,25+,26-/m1/s1. The fourth-order valence-corrected chi connectivity index (χ4v) is 4.36. The van der Waals surface area contributed by atoms with E-state index in [1.165, 1.54) is 7.05 Å². The van der Waals surface area contributed by atoms with E-state index in [4.69, 9.17) is 0 Å². The van der Waals surface area contributed by atoms with Gasteiger partial charge in [-0.2, -0.15) is 0 Å². The lowest BCUT2D eigenvalue weighted by Crippen LogP contribution is -2.57. The lowest BCUT2D eigenvalue weighted by molar-refractivity contribution is -0.138. The van der Waals surface area contributed by atoms with Crippen molar-refractivity contribution in [3.8, 4) is 0 Å². The molecule has 0 saturated heterocycles. The van der Waals surface area contributed by atoms with Gasteiger partial charge in [0, 0.05) is 19.0 Å². The molecule has 0 saturated carbocycles. The molecule has 3 aromatic carbocycles. The zero-order valence-corrected chi connectivity index (χ0v) is 21.8. The van der Waals surface area contributed by atoms with Gasteiger partial charge in [-0.25, -0.2) is 5.48 Å². The molecule has 0 radical (unpaired) electrons. The quantitative estimate of drug-likeness (QED) is 0.171. The number of hydrogen-bond donors (Lipinski definition) is 5. The predicted molar refractivity (Wildman–Crippen MR) is 147 cm³/mol. The highest BCUT2D eigenvalue weighted by Gasteiger charge is 2.36. The Bertz CT molecular complexity index is 1220. The van der Waals surface area contributed by atoms with Crippen molar-refractivity contribution in [1.82, 2.24) is 21.4 Å². The van der Waals surface area contributed by atoms with Crippen molar-refractivity contribution in [2.24, 2.45) is 5.92 Å². The number of nitrogens with one attached hydrogen (secondary N) is 4. The van der Waals surface area contributed by atoms with Gasteiger partial charge in [0.1, 0.15) is 12.1 Å². The molecule has 0 aromatic heterocycles.